The molecule has 1 aliphatic rings. The van der Waals surface area contributed by atoms with Crippen LogP contribution in [-0.2, 0) is 0 Å². The fraction of sp³-hybridized carbons (Fsp3) is 0.400. The highest BCUT2D eigenvalue weighted by atomic mass is 15.2. The van der Waals surface area contributed by atoms with E-state index >= 15 is 0 Å². The maximum absolute atomic E-state index is 4.24. The second kappa shape index (κ2) is 6.43. The highest BCUT2D eigenvalue weighted by Gasteiger charge is 2.12. The smallest absolute Gasteiger partial charge is 0.148 e. The zero-order chi connectivity index (χ0) is 13.6. The molecule has 0 saturated carbocycles. The zero-order valence-corrected chi connectivity index (χ0v) is 11.4. The highest BCUT2D eigenvalue weighted by Crippen LogP contribution is 2.15. The van der Waals surface area contributed by atoms with Crippen LogP contribution in [-0.4, -0.2) is 34.3 Å². The van der Waals surface area contributed by atoms with E-state index in [4.69, 9.17) is 0 Å². The summed E-state index contributed by atoms with van der Waals surface area (Å²) < 4.78 is 0. The molecule has 1 atom stereocenters. The summed E-state index contributed by atoms with van der Waals surface area (Å²) in [5.41, 5.74) is 1.91. The summed E-state index contributed by atoms with van der Waals surface area (Å²) in [4.78, 5) is 4.00. The first-order chi connectivity index (χ1) is 9.92. The lowest BCUT2D eigenvalue weighted by atomic mass is 10.1. The molecule has 0 bridgehead atoms. The number of nitrogens with one attached hydrogen (secondary N) is 2. The van der Waals surface area contributed by atoms with Crippen molar-refractivity contribution in [2.75, 3.05) is 18.4 Å². The summed E-state index contributed by atoms with van der Waals surface area (Å²) in [7, 11) is 0. The van der Waals surface area contributed by atoms with Crippen molar-refractivity contribution in [3.63, 3.8) is 0 Å². The topological polar surface area (TPSA) is 62.7 Å². The van der Waals surface area contributed by atoms with Crippen molar-refractivity contribution in [1.82, 2.24) is 20.5 Å². The molecule has 1 unspecified atom stereocenters. The van der Waals surface area contributed by atoms with E-state index in [1.807, 2.05) is 24.3 Å². The molecule has 1 fully saturated rings. The highest BCUT2D eigenvalue weighted by molar-refractivity contribution is 5.58. The van der Waals surface area contributed by atoms with Crippen LogP contribution in [0.1, 0.15) is 19.3 Å². The van der Waals surface area contributed by atoms with Gasteiger partial charge in [0.15, 0.2) is 0 Å². The summed E-state index contributed by atoms with van der Waals surface area (Å²) in [6.45, 7) is 2.09. The summed E-state index contributed by atoms with van der Waals surface area (Å²) in [6, 6.07) is 8.49. The van der Waals surface area contributed by atoms with Crippen molar-refractivity contribution < 1.29 is 0 Å². The van der Waals surface area contributed by atoms with Crippen LogP contribution in [0.5, 0.6) is 0 Å². The maximum Gasteiger partial charge on any atom is 0.148 e. The number of rotatable bonds is 5. The van der Waals surface area contributed by atoms with E-state index in [1.54, 1.807) is 12.4 Å². The van der Waals surface area contributed by atoms with Gasteiger partial charge in [0.05, 0.1) is 5.69 Å². The number of pyridine rings is 1. The lowest BCUT2D eigenvalue weighted by molar-refractivity contribution is 0.574. The normalized spacial score (nSPS) is 18.1. The van der Waals surface area contributed by atoms with Crippen LogP contribution in [0.2, 0.25) is 0 Å². The molecule has 2 aromatic heterocycles. The van der Waals surface area contributed by atoms with Crippen LogP contribution in [0.25, 0.3) is 11.3 Å². The molecule has 1 aliphatic heterocycles. The van der Waals surface area contributed by atoms with Crippen molar-refractivity contribution >= 4 is 5.82 Å². The third-order valence-electron chi connectivity index (χ3n) is 3.60. The van der Waals surface area contributed by atoms with Gasteiger partial charge in [-0.25, -0.2) is 0 Å². The average molecular weight is 269 g/mol. The van der Waals surface area contributed by atoms with Gasteiger partial charge < -0.3 is 10.6 Å². The summed E-state index contributed by atoms with van der Waals surface area (Å²) >= 11 is 0. The third-order valence-corrected chi connectivity index (χ3v) is 3.60. The molecule has 3 rings (SSSR count). The number of hydrogen-bond acceptors (Lipinski definition) is 5. The molecular weight excluding hydrogens is 250 g/mol. The van der Waals surface area contributed by atoms with Gasteiger partial charge >= 0.3 is 0 Å². The second-order valence-electron chi connectivity index (χ2n) is 5.05. The largest absolute Gasteiger partial charge is 0.369 e. The summed E-state index contributed by atoms with van der Waals surface area (Å²) in [5, 5.41) is 15.3. The summed E-state index contributed by atoms with van der Waals surface area (Å²) in [5.74, 6) is 0.834. The lowest BCUT2D eigenvalue weighted by Crippen LogP contribution is -2.24. The molecule has 0 radical (unpaired) electrons. The number of nitrogens with zero attached hydrogens (tertiary/aromatic N) is 3. The van der Waals surface area contributed by atoms with Gasteiger partial charge in [-0.2, -0.15) is 0 Å². The Balaban J connectivity index is 1.53. The van der Waals surface area contributed by atoms with Gasteiger partial charge in [0.25, 0.3) is 0 Å². The van der Waals surface area contributed by atoms with E-state index in [-0.39, 0.29) is 0 Å². The van der Waals surface area contributed by atoms with Crippen molar-refractivity contribution in [1.29, 1.82) is 0 Å². The summed E-state index contributed by atoms with van der Waals surface area (Å²) in [6.07, 6.45) is 7.24. The third kappa shape index (κ3) is 3.30. The van der Waals surface area contributed by atoms with Gasteiger partial charge in [0.1, 0.15) is 5.82 Å². The van der Waals surface area contributed by atoms with Crippen LogP contribution in [0, 0.1) is 0 Å². The Kier molecular flexibility index (Phi) is 4.18. The van der Waals surface area contributed by atoms with Crippen molar-refractivity contribution in [2.24, 2.45) is 0 Å². The Morgan fingerprint density at radius 2 is 2.05 bits per heavy atom. The number of anilines is 1. The lowest BCUT2D eigenvalue weighted by Gasteiger charge is -2.10. The van der Waals surface area contributed by atoms with Crippen LogP contribution in [0.15, 0.2) is 36.7 Å². The van der Waals surface area contributed by atoms with E-state index in [0.29, 0.717) is 6.04 Å². The molecule has 5 heteroatoms. The second-order valence-corrected chi connectivity index (χ2v) is 5.05. The molecule has 0 aromatic carbocycles. The Labute approximate surface area is 118 Å². The first-order valence-electron chi connectivity index (χ1n) is 7.13. The van der Waals surface area contributed by atoms with Crippen LogP contribution < -0.4 is 10.6 Å². The molecule has 1 saturated heterocycles. The minimum atomic E-state index is 0.659. The molecule has 0 spiro atoms. The Hall–Kier alpha value is -2.01. The van der Waals surface area contributed by atoms with E-state index < -0.39 is 0 Å². The number of hydrogen-bond donors (Lipinski definition) is 2. The molecular formula is C15H19N5. The van der Waals surface area contributed by atoms with E-state index in [9.17, 15) is 0 Å². The molecule has 2 aromatic rings. The fourth-order valence-electron chi connectivity index (χ4n) is 2.48. The van der Waals surface area contributed by atoms with Crippen LogP contribution >= 0.6 is 0 Å². The van der Waals surface area contributed by atoms with Gasteiger partial charge in [0, 0.05) is 30.5 Å². The quantitative estimate of drug-likeness (QED) is 0.870. The number of aromatic nitrogens is 3. The van der Waals surface area contributed by atoms with Crippen molar-refractivity contribution in [3.8, 4) is 11.3 Å². The zero-order valence-electron chi connectivity index (χ0n) is 11.4. The van der Waals surface area contributed by atoms with Crippen molar-refractivity contribution in [3.05, 3.63) is 36.7 Å². The van der Waals surface area contributed by atoms with Gasteiger partial charge in [-0.15, -0.1) is 10.2 Å². The van der Waals surface area contributed by atoms with Gasteiger partial charge in [-0.05, 0) is 50.1 Å². The molecule has 104 valence electrons. The Bertz CT molecular complexity index is 520. The van der Waals surface area contributed by atoms with E-state index in [1.165, 1.54) is 12.8 Å². The van der Waals surface area contributed by atoms with Gasteiger partial charge in [-0.1, -0.05) is 0 Å². The van der Waals surface area contributed by atoms with Crippen LogP contribution in [0.4, 0.5) is 5.82 Å². The Morgan fingerprint density at radius 1 is 1.15 bits per heavy atom. The average Bonchev–Trinajstić information content (AvgIpc) is 3.02. The SMILES string of the molecule is c1cc(-c2ccc(NCCC3CCCN3)nn2)ccn1. The standard InChI is InChI=1S/C15H19N5/c1-2-13(17-8-1)7-11-18-15-4-3-14(19-20-15)12-5-9-16-10-6-12/h3-6,9-10,13,17H,1-2,7-8,11H2,(H,18,20). The molecule has 0 aliphatic carbocycles. The predicted octanol–water partition coefficient (Wildman–Crippen LogP) is 2.09. The molecule has 20 heavy (non-hydrogen) atoms. The molecule has 2 N–H and O–H groups in total. The minimum Gasteiger partial charge on any atom is -0.369 e. The fourth-order valence-corrected chi connectivity index (χ4v) is 2.48. The monoisotopic (exact) mass is 269 g/mol. The first kappa shape index (κ1) is 13.0. The first-order valence-corrected chi connectivity index (χ1v) is 7.13. The molecule has 5 nitrogen and oxygen atoms in total. The molecule has 0 amide bonds. The van der Waals surface area contributed by atoms with E-state index in [0.717, 1.165) is 36.6 Å². The van der Waals surface area contributed by atoms with Crippen molar-refractivity contribution in [2.45, 2.75) is 25.3 Å². The maximum atomic E-state index is 4.24. The predicted molar refractivity (Wildman–Crippen MR) is 79.4 cm³/mol. The Morgan fingerprint density at radius 3 is 2.75 bits per heavy atom. The molecule has 3 heterocycles. The van der Waals surface area contributed by atoms with Crippen LogP contribution in [0.3, 0.4) is 0 Å². The van der Waals surface area contributed by atoms with E-state index in [2.05, 4.69) is 25.8 Å². The minimum absolute atomic E-state index is 0.659. The van der Waals surface area contributed by atoms with Gasteiger partial charge in [0.2, 0.25) is 0 Å². The van der Waals surface area contributed by atoms with Gasteiger partial charge in [-0.3, -0.25) is 4.98 Å².